The van der Waals surface area contributed by atoms with Gasteiger partial charge in [-0.3, -0.25) is 0 Å². The molecule has 1 aliphatic rings. The van der Waals surface area contributed by atoms with Gasteiger partial charge in [0, 0.05) is 6.04 Å². The summed E-state index contributed by atoms with van der Waals surface area (Å²) in [5.41, 5.74) is 4.06. The van der Waals surface area contributed by atoms with Gasteiger partial charge in [-0.15, -0.1) is 0 Å². The van der Waals surface area contributed by atoms with Gasteiger partial charge in [0.2, 0.25) is 0 Å². The molecule has 1 aromatic carbocycles. The van der Waals surface area contributed by atoms with Gasteiger partial charge in [-0.05, 0) is 49.9 Å². The number of benzene rings is 1. The lowest BCUT2D eigenvalue weighted by Gasteiger charge is -2.20. The Bertz CT molecular complexity index is 373. The normalized spacial score (nSPS) is 21.5. The Kier molecular flexibility index (Phi) is 3.79. The number of nitrogens with one attached hydrogen (secondary N) is 1. The SMILES string of the molecule is Cc1ccc(/C=C/C2CCCCN2)cc1C. The molecule has 0 aromatic heterocycles. The predicted octanol–water partition coefficient (Wildman–Crippen LogP) is 3.46. The molecular formula is C15H21N. The van der Waals surface area contributed by atoms with E-state index in [2.05, 4.69) is 49.5 Å². The van der Waals surface area contributed by atoms with Crippen molar-refractivity contribution in [2.75, 3.05) is 6.54 Å². The lowest BCUT2D eigenvalue weighted by atomic mass is 10.0. The quantitative estimate of drug-likeness (QED) is 0.796. The van der Waals surface area contributed by atoms with Crippen LogP contribution >= 0.6 is 0 Å². The van der Waals surface area contributed by atoms with Crippen LogP contribution in [-0.4, -0.2) is 12.6 Å². The lowest BCUT2D eigenvalue weighted by Crippen LogP contribution is -2.31. The van der Waals surface area contributed by atoms with Gasteiger partial charge >= 0.3 is 0 Å². The van der Waals surface area contributed by atoms with Crippen molar-refractivity contribution in [3.63, 3.8) is 0 Å². The van der Waals surface area contributed by atoms with Gasteiger partial charge in [-0.25, -0.2) is 0 Å². The van der Waals surface area contributed by atoms with Gasteiger partial charge in [-0.1, -0.05) is 36.8 Å². The van der Waals surface area contributed by atoms with E-state index in [1.807, 2.05) is 0 Å². The largest absolute Gasteiger partial charge is 0.311 e. The van der Waals surface area contributed by atoms with E-state index in [9.17, 15) is 0 Å². The summed E-state index contributed by atoms with van der Waals surface area (Å²) in [7, 11) is 0. The van der Waals surface area contributed by atoms with Crippen molar-refractivity contribution >= 4 is 6.08 Å². The molecule has 1 unspecified atom stereocenters. The standard InChI is InChI=1S/C15H21N/c1-12-6-7-14(11-13(12)2)8-9-15-5-3-4-10-16-15/h6-9,11,15-16H,3-5,10H2,1-2H3/b9-8+. The first-order chi connectivity index (χ1) is 7.75. The topological polar surface area (TPSA) is 12.0 Å². The zero-order valence-electron chi connectivity index (χ0n) is 10.3. The summed E-state index contributed by atoms with van der Waals surface area (Å²) in [6.07, 6.45) is 8.52. The second-order valence-corrected chi connectivity index (χ2v) is 4.76. The average Bonchev–Trinajstić information content (AvgIpc) is 2.32. The Labute approximate surface area is 98.6 Å². The third-order valence-corrected chi connectivity index (χ3v) is 3.40. The summed E-state index contributed by atoms with van der Waals surface area (Å²) in [6.45, 7) is 5.50. The summed E-state index contributed by atoms with van der Waals surface area (Å²) in [4.78, 5) is 0. The van der Waals surface area contributed by atoms with Crippen molar-refractivity contribution < 1.29 is 0 Å². The van der Waals surface area contributed by atoms with Gasteiger partial charge < -0.3 is 5.32 Å². The number of rotatable bonds is 2. The van der Waals surface area contributed by atoms with Crippen LogP contribution < -0.4 is 5.32 Å². The van der Waals surface area contributed by atoms with E-state index in [-0.39, 0.29) is 0 Å². The molecule has 1 nitrogen and oxygen atoms in total. The van der Waals surface area contributed by atoms with E-state index >= 15 is 0 Å². The van der Waals surface area contributed by atoms with Gasteiger partial charge in [0.15, 0.2) is 0 Å². The van der Waals surface area contributed by atoms with Crippen LogP contribution in [0.1, 0.15) is 36.0 Å². The molecule has 0 radical (unpaired) electrons. The first kappa shape index (κ1) is 11.4. The summed E-state index contributed by atoms with van der Waals surface area (Å²) in [5.74, 6) is 0. The van der Waals surface area contributed by atoms with Gasteiger partial charge in [-0.2, -0.15) is 0 Å². The molecule has 2 rings (SSSR count). The molecule has 1 atom stereocenters. The van der Waals surface area contributed by atoms with E-state index in [1.165, 1.54) is 42.5 Å². The highest BCUT2D eigenvalue weighted by Crippen LogP contribution is 2.13. The fourth-order valence-corrected chi connectivity index (χ4v) is 2.14. The molecule has 0 amide bonds. The van der Waals surface area contributed by atoms with E-state index in [0.717, 1.165) is 0 Å². The van der Waals surface area contributed by atoms with E-state index in [4.69, 9.17) is 0 Å². The number of hydrogen-bond donors (Lipinski definition) is 1. The Hall–Kier alpha value is -1.08. The van der Waals surface area contributed by atoms with Crippen LogP contribution in [0.3, 0.4) is 0 Å². The lowest BCUT2D eigenvalue weighted by molar-refractivity contribution is 0.455. The van der Waals surface area contributed by atoms with Crippen LogP contribution in [0.25, 0.3) is 6.08 Å². The fraction of sp³-hybridized carbons (Fsp3) is 0.467. The van der Waals surface area contributed by atoms with Crippen LogP contribution in [0.15, 0.2) is 24.3 Å². The molecule has 0 bridgehead atoms. The third-order valence-electron chi connectivity index (χ3n) is 3.40. The molecule has 1 N–H and O–H groups in total. The fourth-order valence-electron chi connectivity index (χ4n) is 2.14. The van der Waals surface area contributed by atoms with Crippen molar-refractivity contribution in [1.82, 2.24) is 5.32 Å². The maximum Gasteiger partial charge on any atom is 0.0253 e. The van der Waals surface area contributed by atoms with Crippen LogP contribution in [0.2, 0.25) is 0 Å². The Morgan fingerprint density at radius 3 is 2.75 bits per heavy atom. The highest BCUT2D eigenvalue weighted by molar-refractivity contribution is 5.52. The number of piperidine rings is 1. The molecule has 0 aliphatic carbocycles. The maximum absolute atomic E-state index is 3.53. The second kappa shape index (κ2) is 5.31. The molecule has 1 fully saturated rings. The van der Waals surface area contributed by atoms with Gasteiger partial charge in [0.25, 0.3) is 0 Å². The second-order valence-electron chi connectivity index (χ2n) is 4.76. The van der Waals surface area contributed by atoms with E-state index in [0.29, 0.717) is 6.04 Å². The minimum atomic E-state index is 0.579. The number of aryl methyl sites for hydroxylation is 2. The molecule has 1 heterocycles. The van der Waals surface area contributed by atoms with Crippen molar-refractivity contribution in [1.29, 1.82) is 0 Å². The van der Waals surface area contributed by atoms with Gasteiger partial charge in [0.05, 0.1) is 0 Å². The van der Waals surface area contributed by atoms with Crippen molar-refractivity contribution in [2.24, 2.45) is 0 Å². The van der Waals surface area contributed by atoms with E-state index < -0.39 is 0 Å². The summed E-state index contributed by atoms with van der Waals surface area (Å²) < 4.78 is 0. The predicted molar refractivity (Wildman–Crippen MR) is 70.6 cm³/mol. The Morgan fingerprint density at radius 1 is 1.19 bits per heavy atom. The highest BCUT2D eigenvalue weighted by Gasteiger charge is 2.08. The molecule has 1 saturated heterocycles. The van der Waals surface area contributed by atoms with Crippen LogP contribution in [0, 0.1) is 13.8 Å². The minimum absolute atomic E-state index is 0.579. The van der Waals surface area contributed by atoms with Crippen molar-refractivity contribution in [3.05, 3.63) is 41.0 Å². The third kappa shape index (κ3) is 2.96. The summed E-state index contributed by atoms with van der Waals surface area (Å²) in [5, 5.41) is 3.53. The molecule has 0 saturated carbocycles. The van der Waals surface area contributed by atoms with Gasteiger partial charge in [0.1, 0.15) is 0 Å². The monoisotopic (exact) mass is 215 g/mol. The Balaban J connectivity index is 2.02. The highest BCUT2D eigenvalue weighted by atomic mass is 14.9. The number of hydrogen-bond acceptors (Lipinski definition) is 1. The molecule has 86 valence electrons. The zero-order valence-corrected chi connectivity index (χ0v) is 10.3. The average molecular weight is 215 g/mol. The maximum atomic E-state index is 3.53. The van der Waals surface area contributed by atoms with Crippen LogP contribution in [0.4, 0.5) is 0 Å². The first-order valence-electron chi connectivity index (χ1n) is 6.24. The molecule has 1 heteroatoms. The molecule has 1 aromatic rings. The minimum Gasteiger partial charge on any atom is -0.311 e. The Morgan fingerprint density at radius 2 is 2.06 bits per heavy atom. The van der Waals surface area contributed by atoms with Crippen LogP contribution in [0.5, 0.6) is 0 Å². The summed E-state index contributed by atoms with van der Waals surface area (Å²) >= 11 is 0. The van der Waals surface area contributed by atoms with Crippen LogP contribution in [-0.2, 0) is 0 Å². The van der Waals surface area contributed by atoms with Crippen molar-refractivity contribution in [2.45, 2.75) is 39.2 Å². The zero-order chi connectivity index (χ0) is 11.4. The summed E-state index contributed by atoms with van der Waals surface area (Å²) in [6, 6.07) is 7.23. The van der Waals surface area contributed by atoms with E-state index in [1.54, 1.807) is 0 Å². The molecular weight excluding hydrogens is 194 g/mol. The smallest absolute Gasteiger partial charge is 0.0253 e. The van der Waals surface area contributed by atoms with Crippen molar-refractivity contribution in [3.8, 4) is 0 Å². The molecule has 0 spiro atoms. The first-order valence-corrected chi connectivity index (χ1v) is 6.24. The molecule has 16 heavy (non-hydrogen) atoms. The molecule has 1 aliphatic heterocycles.